The van der Waals surface area contributed by atoms with E-state index >= 15 is 0 Å². The van der Waals surface area contributed by atoms with E-state index in [1.54, 1.807) is 43.5 Å². The molecule has 0 saturated carbocycles. The van der Waals surface area contributed by atoms with Crippen molar-refractivity contribution in [3.63, 3.8) is 0 Å². The first-order valence-electron chi connectivity index (χ1n) is 26.8. The van der Waals surface area contributed by atoms with Crippen molar-refractivity contribution >= 4 is 119 Å². The number of unbranched alkanes of at least 4 members (excludes halogenated alkanes) is 2. The van der Waals surface area contributed by atoms with Gasteiger partial charge in [-0.25, -0.2) is 40.6 Å². The number of nitrogens with one attached hydrogen (secondary N) is 5. The first-order valence-corrected chi connectivity index (χ1v) is 28.7. The van der Waals surface area contributed by atoms with E-state index < -0.39 is 17.5 Å². The number of nitrogens with two attached hydrogens (primary N) is 5. The molecule has 0 radical (unpaired) electrons. The lowest BCUT2D eigenvalue weighted by Gasteiger charge is -2.03. The van der Waals surface area contributed by atoms with Crippen molar-refractivity contribution in [3.05, 3.63) is 168 Å². The minimum Gasteiger partial charge on any atom is -0.367 e. The van der Waals surface area contributed by atoms with Crippen LogP contribution in [0.2, 0.25) is 25.1 Å². The highest BCUT2D eigenvalue weighted by atomic mass is 35.5. The summed E-state index contributed by atoms with van der Waals surface area (Å²) in [7, 11) is 0. The maximum Gasteiger partial charge on any atom is 0.237 e. The predicted octanol–water partition coefficient (Wildman–Crippen LogP) is 9.80. The minimum atomic E-state index is -0.479. The summed E-state index contributed by atoms with van der Waals surface area (Å²) in [5, 5.41) is 38.4. The van der Waals surface area contributed by atoms with E-state index in [1.165, 1.54) is 73.7 Å². The van der Waals surface area contributed by atoms with Gasteiger partial charge in [-0.15, -0.1) is 25.5 Å². The summed E-state index contributed by atoms with van der Waals surface area (Å²) in [6, 6.07) is 22.1. The van der Waals surface area contributed by atoms with Crippen molar-refractivity contribution in [2.75, 3.05) is 33.0 Å². The quantitative estimate of drug-likeness (QED) is 0.0106. The third-order valence-electron chi connectivity index (χ3n) is 9.33. The standard InChI is InChI=1S/C12H16ClFN4O.C12H17ClN4O.C11H14ClFN4O.C10H12ClFN4O.C10H14ClN5O/c1-2-3-7-19-18-12(15)17-16-8-9-10(13)5-4-6-11(9)14;1-2-3-8-18-17-12(14)16-15-9-10-6-4-5-7-11(10)13;1-2-6-18-17-11(14)16-15-7-8-9(12)4-3-5-10(8)13;1-2-17-16-10(13)15-14-6-7-8(11)4-3-5-9(7)12;1-2-5-17-16-10(12)15-14-6-8-3-4-13-7-9(8)11/h4-6,8H,2-3,7H2,1H3,(H3,15,17,18);4-7,9H,2-3,8H2,1H3,(H3,14,16,17);3-5,7H,2,6H2,1H3,(H3,14,16,17);3-6H,2H2,1H3,(H3,13,15,16);3-4,6-7H,2,5H2,1H3,(H3,12,15,16)/b16-8+;15-9+;15-7+;2*14-6+. The van der Waals surface area contributed by atoms with Crippen LogP contribution in [0.1, 0.15) is 101 Å². The molecule has 5 aromatic rings. The molecule has 0 amide bonds. The Kier molecular flexibility index (Phi) is 44.9. The molecule has 1 heterocycles. The molecule has 89 heavy (non-hydrogen) atoms. The molecular formula is C55H73Cl5F3N21O5. The van der Waals surface area contributed by atoms with Gasteiger partial charge in [-0.2, -0.15) is 25.5 Å². The Morgan fingerprint density at radius 3 is 1.06 bits per heavy atom. The van der Waals surface area contributed by atoms with Crippen molar-refractivity contribution in [2.24, 2.45) is 79.7 Å². The maximum absolute atomic E-state index is 13.4. The third-order valence-corrected chi connectivity index (χ3v) is 11.0. The van der Waals surface area contributed by atoms with Gasteiger partial charge in [0.15, 0.2) is 0 Å². The second kappa shape index (κ2) is 50.7. The number of benzene rings is 4. The fraction of sp³-hybridized carbons (Fsp3) is 0.291. The SMILES string of the molecule is CCCCONC(N)=N/N=C/c1c(F)cccc1Cl.CCCCONC(N)=N/N=C/c1ccccc1Cl.CCCONC(N)=N/N=C/c1c(F)cccc1Cl.CCCONC(N)=N/N=C/c1ccncc1Cl.CCONC(N)=N/N=C/c1c(F)cccc1Cl. The Bertz CT molecular complexity index is 3070. The molecule has 15 N–H and O–H groups in total. The molecule has 0 fully saturated rings. The summed E-state index contributed by atoms with van der Waals surface area (Å²) in [6.45, 7) is 12.4. The zero-order valence-electron chi connectivity index (χ0n) is 49.3. The van der Waals surface area contributed by atoms with Gasteiger partial charge >= 0.3 is 0 Å². The number of rotatable bonds is 26. The molecule has 0 aliphatic heterocycles. The molecule has 0 spiro atoms. The van der Waals surface area contributed by atoms with Gasteiger partial charge in [0.2, 0.25) is 29.8 Å². The summed E-state index contributed by atoms with van der Waals surface area (Å²) in [4.78, 5) is 28.6. The summed E-state index contributed by atoms with van der Waals surface area (Å²) in [6.07, 6.45) is 15.4. The highest BCUT2D eigenvalue weighted by molar-refractivity contribution is 6.34. The first kappa shape index (κ1) is 78.8. The molecule has 0 saturated heterocycles. The van der Waals surface area contributed by atoms with Crippen molar-refractivity contribution in [1.82, 2.24) is 32.4 Å². The van der Waals surface area contributed by atoms with Gasteiger partial charge in [-0.1, -0.05) is 135 Å². The Balaban J connectivity index is 0.000000557. The van der Waals surface area contributed by atoms with Crippen LogP contribution in [0.4, 0.5) is 13.2 Å². The van der Waals surface area contributed by atoms with Gasteiger partial charge < -0.3 is 28.7 Å². The second-order valence-electron chi connectivity index (χ2n) is 16.5. The number of hydrogen-bond donors (Lipinski definition) is 10. The zero-order valence-corrected chi connectivity index (χ0v) is 53.1. The maximum atomic E-state index is 13.4. The lowest BCUT2D eigenvalue weighted by molar-refractivity contribution is 0.0816. The average Bonchev–Trinajstić information content (AvgIpc) is 3.68. The number of halogens is 8. The summed E-state index contributed by atoms with van der Waals surface area (Å²) >= 11 is 29.2. The van der Waals surface area contributed by atoms with Gasteiger partial charge in [0.05, 0.1) is 84.2 Å². The molecular weight excluding hydrogens is 1270 g/mol. The molecule has 4 aromatic carbocycles. The van der Waals surface area contributed by atoms with Crippen molar-refractivity contribution in [2.45, 2.75) is 73.1 Å². The zero-order chi connectivity index (χ0) is 65.9. The van der Waals surface area contributed by atoms with E-state index in [2.05, 4.69) is 90.3 Å². The fourth-order valence-electron chi connectivity index (χ4n) is 5.11. The second-order valence-corrected chi connectivity index (χ2v) is 18.6. The Morgan fingerprint density at radius 2 is 0.730 bits per heavy atom. The van der Waals surface area contributed by atoms with Gasteiger partial charge in [0, 0.05) is 45.2 Å². The molecule has 34 heteroatoms. The van der Waals surface area contributed by atoms with Crippen LogP contribution in [-0.2, 0) is 24.2 Å². The van der Waals surface area contributed by atoms with E-state index in [0.29, 0.717) is 48.6 Å². The van der Waals surface area contributed by atoms with Crippen LogP contribution in [0.15, 0.2) is 148 Å². The summed E-state index contributed by atoms with van der Waals surface area (Å²) < 4.78 is 40.0. The van der Waals surface area contributed by atoms with Gasteiger partial charge in [0.1, 0.15) is 17.5 Å². The highest BCUT2D eigenvalue weighted by Gasteiger charge is 2.06. The van der Waals surface area contributed by atoms with Crippen LogP contribution in [-0.4, -0.2) is 98.9 Å². The van der Waals surface area contributed by atoms with Crippen LogP contribution < -0.4 is 56.1 Å². The topological polar surface area (TPSA) is 373 Å². The lowest BCUT2D eigenvalue weighted by atomic mass is 10.2. The molecule has 0 bridgehead atoms. The molecule has 0 unspecified atom stereocenters. The van der Waals surface area contributed by atoms with E-state index in [-0.39, 0.29) is 61.6 Å². The molecule has 0 aliphatic carbocycles. The minimum absolute atomic E-state index is 0.0141. The molecule has 5 rings (SSSR count). The van der Waals surface area contributed by atoms with Gasteiger partial charge in [-0.3, -0.25) is 29.2 Å². The smallest absolute Gasteiger partial charge is 0.237 e. The lowest BCUT2D eigenvalue weighted by Crippen LogP contribution is -2.31. The van der Waals surface area contributed by atoms with Gasteiger partial charge in [0.25, 0.3) is 0 Å². The number of hydroxylamine groups is 5. The number of nitrogens with zero attached hydrogens (tertiary/aromatic N) is 11. The Labute approximate surface area is 539 Å². The Morgan fingerprint density at radius 1 is 0.404 bits per heavy atom. The molecule has 1 aromatic heterocycles. The van der Waals surface area contributed by atoms with Crippen LogP contribution in [0, 0.1) is 17.5 Å². The number of pyridine rings is 1. The number of aromatic nitrogens is 1. The van der Waals surface area contributed by atoms with E-state index in [0.717, 1.165) is 44.1 Å². The number of hydrogen-bond acceptors (Lipinski definition) is 16. The van der Waals surface area contributed by atoms with Gasteiger partial charge in [-0.05, 0) is 81.1 Å². The summed E-state index contributed by atoms with van der Waals surface area (Å²) in [5.74, 6) is -1.31. The van der Waals surface area contributed by atoms with Crippen LogP contribution in [0.3, 0.4) is 0 Å². The molecule has 484 valence electrons. The summed E-state index contributed by atoms with van der Waals surface area (Å²) in [5.41, 5.74) is 41.3. The molecule has 26 nitrogen and oxygen atoms in total. The van der Waals surface area contributed by atoms with Crippen molar-refractivity contribution in [3.8, 4) is 0 Å². The van der Waals surface area contributed by atoms with E-state index in [1.807, 2.05) is 39.0 Å². The fourth-order valence-corrected chi connectivity index (χ4v) is 6.10. The van der Waals surface area contributed by atoms with Crippen LogP contribution in [0.25, 0.3) is 0 Å². The third kappa shape index (κ3) is 38.6. The van der Waals surface area contributed by atoms with E-state index in [9.17, 15) is 13.2 Å². The number of guanidine groups is 5. The highest BCUT2D eigenvalue weighted by Crippen LogP contribution is 2.19. The van der Waals surface area contributed by atoms with E-state index in [4.69, 9.17) is 111 Å². The monoisotopic (exact) mass is 1340 g/mol. The normalized spacial score (nSPS) is 12.0. The first-order chi connectivity index (χ1) is 42.9. The Hall–Kier alpha value is -8.23. The molecule has 0 atom stereocenters. The molecule has 0 aliphatic rings. The van der Waals surface area contributed by atoms with Crippen LogP contribution in [0.5, 0.6) is 0 Å². The predicted molar refractivity (Wildman–Crippen MR) is 353 cm³/mol. The average molecular weight is 1340 g/mol. The van der Waals surface area contributed by atoms with Crippen LogP contribution >= 0.6 is 58.0 Å². The van der Waals surface area contributed by atoms with Crippen molar-refractivity contribution in [1.29, 1.82) is 0 Å². The van der Waals surface area contributed by atoms with Crippen molar-refractivity contribution < 1.29 is 37.4 Å². The largest absolute Gasteiger partial charge is 0.367 e.